The number of fused-ring (bicyclic) bond motifs is 9. The van der Waals surface area contributed by atoms with E-state index in [1.54, 1.807) is 14.2 Å². The SMILES string of the molecule is CC(C)(C)N1Cc2ccc(N3CCOCC3)nc2C1.CC1CN(c2ccc3c(n2)CN(C(C)(C)C)C3)C1.CC1c2cccnc2CN1C(C)(C)C.CCOc1ccnc2c1CN(C(C)(C)C)C2.CN(C)c1ccnc2c1CN(C(C)(C)C)C2.COC1CN(c2ccc3c(n2)CN(C(C)(C)C)C3)C1.COc1ccnc2c1CN(C(C)(C)C)C2.Cc1ccnc2c1CN(C(C)(C)C)C2.Cc1cnc2c(c1)CN(C(C)(C)C)C2. The van der Waals surface area contributed by atoms with Crippen LogP contribution in [-0.2, 0) is 121 Å². The molecule has 26 nitrogen and oxygen atoms in total. The molecule has 12 aliphatic heterocycles. The van der Waals surface area contributed by atoms with E-state index >= 15 is 0 Å². The lowest BCUT2D eigenvalue weighted by molar-refractivity contribution is 0.0783. The average Bonchev–Trinajstić information content (AvgIpc) is 1.67. The molecular weight excluding hydrogens is 1800 g/mol. The fourth-order valence-electron chi connectivity index (χ4n) is 20.2. The van der Waals surface area contributed by atoms with Crippen molar-refractivity contribution in [3.63, 3.8) is 0 Å². The van der Waals surface area contributed by atoms with E-state index in [4.69, 9.17) is 33.9 Å². The van der Waals surface area contributed by atoms with Gasteiger partial charge in [0.15, 0.2) is 0 Å². The lowest BCUT2D eigenvalue weighted by atomic mass is 10.0. The summed E-state index contributed by atoms with van der Waals surface area (Å²) in [5, 5.41) is 0. The van der Waals surface area contributed by atoms with E-state index in [1.165, 1.54) is 118 Å². The van der Waals surface area contributed by atoms with Gasteiger partial charge < -0.3 is 38.5 Å². The topological polar surface area (TPSA) is 195 Å². The minimum atomic E-state index is 0.185. The molecule has 0 radical (unpaired) electrons. The zero-order chi connectivity index (χ0) is 106. The Morgan fingerprint density at radius 1 is 0.352 bits per heavy atom. The van der Waals surface area contributed by atoms with Crippen LogP contribution in [0.1, 0.15) is 326 Å². The highest BCUT2D eigenvalue weighted by Crippen LogP contribution is 2.42. The molecule has 1 atom stereocenters. The summed E-state index contributed by atoms with van der Waals surface area (Å²) in [7, 11) is 7.68. The van der Waals surface area contributed by atoms with Crippen molar-refractivity contribution < 1.29 is 18.9 Å². The van der Waals surface area contributed by atoms with Crippen molar-refractivity contribution in [1.82, 2.24) is 89.0 Å². The van der Waals surface area contributed by atoms with Gasteiger partial charge in [0, 0.05) is 287 Å². The van der Waals surface area contributed by atoms with E-state index in [2.05, 4.69) is 383 Å². The van der Waals surface area contributed by atoms with Crippen LogP contribution in [0.3, 0.4) is 0 Å². The highest BCUT2D eigenvalue weighted by Gasteiger charge is 2.41. The third kappa shape index (κ3) is 28.9. The lowest BCUT2D eigenvalue weighted by Gasteiger charge is -2.39. The van der Waals surface area contributed by atoms with Gasteiger partial charge in [-0.2, -0.15) is 0 Å². The number of aryl methyl sites for hydroxylation is 2. The van der Waals surface area contributed by atoms with Gasteiger partial charge in [-0.05, 0) is 314 Å². The molecule has 3 saturated heterocycles. The highest BCUT2D eigenvalue weighted by atomic mass is 16.5. The summed E-state index contributed by atoms with van der Waals surface area (Å²) in [4.78, 5) is 72.6. The number of methoxy groups -OCH3 is 2. The second-order valence-corrected chi connectivity index (χ2v) is 50.9. The Morgan fingerprint density at radius 2 is 0.717 bits per heavy atom. The minimum Gasteiger partial charge on any atom is -0.496 e. The maximum absolute atomic E-state index is 5.64. The number of pyridine rings is 9. The minimum absolute atomic E-state index is 0.185. The number of aromatic nitrogens is 9. The van der Waals surface area contributed by atoms with E-state index in [-0.39, 0.29) is 49.9 Å². The number of anilines is 4. The van der Waals surface area contributed by atoms with Gasteiger partial charge in [-0.1, -0.05) is 37.3 Å². The molecule has 1 unspecified atom stereocenters. The maximum atomic E-state index is 5.64. The Kier molecular flexibility index (Phi) is 35.8. The first kappa shape index (κ1) is 113. The molecular formula is C119H182N22O4. The molecule has 0 aliphatic carbocycles. The van der Waals surface area contributed by atoms with Crippen LogP contribution in [0.15, 0.2) is 116 Å². The summed E-state index contributed by atoms with van der Waals surface area (Å²) in [6, 6.07) is 28.3. The zero-order valence-electron chi connectivity index (χ0n) is 96.1. The van der Waals surface area contributed by atoms with Gasteiger partial charge in [-0.15, -0.1) is 0 Å². The Balaban J connectivity index is 0.000000137. The first-order valence-electron chi connectivity index (χ1n) is 53.5. The molecule has 0 spiro atoms. The van der Waals surface area contributed by atoms with Crippen molar-refractivity contribution in [2.24, 2.45) is 5.92 Å². The number of rotatable bonds is 8. The molecule has 26 heteroatoms. The van der Waals surface area contributed by atoms with Gasteiger partial charge in [0.2, 0.25) is 0 Å². The fraction of sp³-hybridized carbons (Fsp3) is 0.622. The van der Waals surface area contributed by atoms with Crippen LogP contribution in [0.5, 0.6) is 11.5 Å². The molecule has 12 aliphatic rings. The summed E-state index contributed by atoms with van der Waals surface area (Å²) < 4.78 is 21.7. The van der Waals surface area contributed by atoms with Gasteiger partial charge in [0.1, 0.15) is 29.0 Å². The standard InChI is InChI=1S/2C15H23N3O.C15H23N3.C13H21N3.C13H20N2O.C12H18N2O.3C12H18N2/c1-15(2,3)18-7-11-5-6-14(16-13(11)10-18)17-8-12(9-17)19-4;1-15(2,3)18-10-12-4-5-14(16-13(12)11-18)17-6-8-19-9-7-17;1-11-7-17(8-11)14-6-5-12-9-18(15(2,3)4)10-13(12)16-14;1-13(2,3)16-8-10-11(9-16)14-7-6-12(10)15(4)5;1-5-16-12-6-7-14-11-9-15(8-10(11)12)13(2,3)4;1-12(2,3)14-7-9-10(8-14)13-6-5-11(9)15-4;1-9-5-10-7-14(12(2,3)4)8-11(10)13-6-9;1-9-5-6-13-11-8-14(7-10(9)11)12(2,3)4;1-9-10-6-5-7-13-11(10)8-14(9)12(2,3)4/h5-6,12H,7-10H2,1-4H3;4-5H,6-11H2,1-3H3;5-6,11H,7-10H2,1-4H3;6-7H,8-9H2,1-5H3;6-7H,5,8-9H2,1-4H3;5-6H,7-8H2,1-4H3;2*5-6H,7-8H2,1-4H3;5-7,9H,8H2,1-4H3. The summed E-state index contributed by atoms with van der Waals surface area (Å²) in [5.74, 6) is 6.17. The van der Waals surface area contributed by atoms with E-state index in [9.17, 15) is 0 Å². The second-order valence-electron chi connectivity index (χ2n) is 50.9. The molecule has 0 aromatic carbocycles. The average molecular weight is 1980 g/mol. The Morgan fingerprint density at radius 3 is 1.12 bits per heavy atom. The number of nitrogens with zero attached hydrogens (tertiary/aromatic N) is 22. The van der Waals surface area contributed by atoms with Crippen molar-refractivity contribution in [2.75, 3.05) is 107 Å². The van der Waals surface area contributed by atoms with E-state index in [1.807, 2.05) is 62.3 Å². The van der Waals surface area contributed by atoms with Crippen molar-refractivity contribution in [3.05, 3.63) is 228 Å². The van der Waals surface area contributed by atoms with E-state index in [0.717, 1.165) is 198 Å². The third-order valence-electron chi connectivity index (χ3n) is 30.5. The normalized spacial score (nSPS) is 18.8. The Labute approximate surface area is 873 Å². The quantitative estimate of drug-likeness (QED) is 0.139. The highest BCUT2D eigenvalue weighted by molar-refractivity contribution is 5.56. The lowest BCUT2D eigenvalue weighted by Crippen LogP contribution is -2.52. The smallest absolute Gasteiger partial charge is 0.129 e. The fourth-order valence-corrected chi connectivity index (χ4v) is 20.2. The van der Waals surface area contributed by atoms with Crippen LogP contribution in [0.4, 0.5) is 23.1 Å². The van der Waals surface area contributed by atoms with Crippen LogP contribution >= 0.6 is 0 Å². The first-order valence-corrected chi connectivity index (χ1v) is 53.5. The van der Waals surface area contributed by atoms with Crippen LogP contribution in [0, 0.1) is 19.8 Å². The van der Waals surface area contributed by atoms with Crippen molar-refractivity contribution in [3.8, 4) is 11.5 Å². The molecule has 792 valence electrons. The monoisotopic (exact) mass is 1980 g/mol. The van der Waals surface area contributed by atoms with Gasteiger partial charge in [-0.3, -0.25) is 74.0 Å². The third-order valence-corrected chi connectivity index (χ3v) is 30.5. The summed E-state index contributed by atoms with van der Waals surface area (Å²) >= 11 is 0. The van der Waals surface area contributed by atoms with Crippen molar-refractivity contribution in [1.29, 1.82) is 0 Å². The number of morpholine rings is 1. The summed E-state index contributed by atoms with van der Waals surface area (Å²) in [6.07, 6.45) is 11.7. The molecule has 0 amide bonds. The number of ether oxygens (including phenoxy) is 4. The summed E-state index contributed by atoms with van der Waals surface area (Å²) in [6.45, 7) is 97.1. The molecule has 9 aromatic heterocycles. The molecule has 21 heterocycles. The number of hydrogen-bond acceptors (Lipinski definition) is 26. The summed E-state index contributed by atoms with van der Waals surface area (Å²) in [5.41, 5.74) is 29.3. The Bertz CT molecular complexity index is 5800. The second kappa shape index (κ2) is 46.0. The molecule has 3 fully saturated rings. The molecule has 0 saturated carbocycles. The van der Waals surface area contributed by atoms with Gasteiger partial charge in [0.05, 0.1) is 84.3 Å². The van der Waals surface area contributed by atoms with Gasteiger partial charge in [0.25, 0.3) is 0 Å². The molecule has 0 bridgehead atoms. The predicted octanol–water partition coefficient (Wildman–Crippen LogP) is 21.5. The molecule has 0 N–H and O–H groups in total. The largest absolute Gasteiger partial charge is 0.496 e. The first-order chi connectivity index (χ1) is 67.8. The predicted molar refractivity (Wildman–Crippen MR) is 593 cm³/mol. The van der Waals surface area contributed by atoms with Crippen LogP contribution in [0.2, 0.25) is 0 Å². The van der Waals surface area contributed by atoms with Crippen LogP contribution in [0.25, 0.3) is 0 Å². The van der Waals surface area contributed by atoms with Gasteiger partial charge >= 0.3 is 0 Å². The van der Waals surface area contributed by atoms with Crippen molar-refractivity contribution in [2.45, 2.75) is 395 Å². The van der Waals surface area contributed by atoms with Crippen molar-refractivity contribution >= 4 is 23.1 Å². The Hall–Kier alpha value is -9.29. The molecule has 145 heavy (non-hydrogen) atoms. The van der Waals surface area contributed by atoms with Gasteiger partial charge in [-0.25, -0.2) is 15.0 Å². The molecule has 21 rings (SSSR count). The van der Waals surface area contributed by atoms with E-state index in [0.29, 0.717) is 18.8 Å². The zero-order valence-corrected chi connectivity index (χ0v) is 96.1. The van der Waals surface area contributed by atoms with Crippen LogP contribution in [-0.4, -0.2) is 232 Å². The molecule has 9 aromatic rings. The number of hydrogen-bond donors (Lipinski definition) is 0. The van der Waals surface area contributed by atoms with Crippen LogP contribution < -0.4 is 29.1 Å². The van der Waals surface area contributed by atoms with E-state index < -0.39 is 0 Å². The maximum Gasteiger partial charge on any atom is 0.129 e.